The maximum Gasteiger partial charge on any atom is 0.239 e. The van der Waals surface area contributed by atoms with E-state index in [-0.39, 0.29) is 11.9 Å². The first-order valence-electron chi connectivity index (χ1n) is 6.64. The van der Waals surface area contributed by atoms with Gasteiger partial charge in [0.2, 0.25) is 5.91 Å². The first-order chi connectivity index (χ1) is 8.87. The van der Waals surface area contributed by atoms with Gasteiger partial charge in [-0.1, -0.05) is 24.3 Å². The topological polar surface area (TPSA) is 52.6 Å². The number of likely N-dealkylation sites (N-methyl/N-ethyl adjacent to an activating group) is 1. The van der Waals surface area contributed by atoms with Crippen LogP contribution in [0.4, 0.5) is 0 Å². The summed E-state index contributed by atoms with van der Waals surface area (Å²) in [6.45, 7) is 4.48. The van der Waals surface area contributed by atoms with E-state index in [4.69, 9.17) is 0 Å². The highest BCUT2D eigenvalue weighted by Gasteiger charge is 2.28. The van der Waals surface area contributed by atoms with Crippen LogP contribution in [-0.2, 0) is 17.8 Å². The Morgan fingerprint density at radius 3 is 2.68 bits per heavy atom. The van der Waals surface area contributed by atoms with Crippen LogP contribution < -0.4 is 5.32 Å². The quantitative estimate of drug-likeness (QED) is 0.852. The van der Waals surface area contributed by atoms with Crippen LogP contribution in [0.1, 0.15) is 25.0 Å². The summed E-state index contributed by atoms with van der Waals surface area (Å²) in [4.78, 5) is 13.9. The van der Waals surface area contributed by atoms with Crippen LogP contribution in [0.3, 0.4) is 0 Å². The van der Waals surface area contributed by atoms with Gasteiger partial charge in [-0.15, -0.1) is 0 Å². The number of benzene rings is 1. The van der Waals surface area contributed by atoms with E-state index >= 15 is 0 Å². The van der Waals surface area contributed by atoms with Gasteiger partial charge in [-0.2, -0.15) is 0 Å². The molecule has 1 amide bonds. The van der Waals surface area contributed by atoms with Crippen molar-refractivity contribution in [1.29, 1.82) is 0 Å². The smallest absolute Gasteiger partial charge is 0.239 e. The van der Waals surface area contributed by atoms with E-state index in [1.54, 1.807) is 25.8 Å². The minimum atomic E-state index is -0.864. The summed E-state index contributed by atoms with van der Waals surface area (Å²) in [5, 5.41) is 13.0. The summed E-state index contributed by atoms with van der Waals surface area (Å²) in [5.41, 5.74) is 1.63. The van der Waals surface area contributed by atoms with Crippen molar-refractivity contribution < 1.29 is 9.90 Å². The number of amides is 1. The summed E-state index contributed by atoms with van der Waals surface area (Å²) in [5.74, 6) is 0.0385. The Balaban J connectivity index is 2.03. The molecule has 1 aromatic rings. The molecule has 0 saturated heterocycles. The zero-order valence-electron chi connectivity index (χ0n) is 11.8. The Morgan fingerprint density at radius 2 is 2.05 bits per heavy atom. The molecule has 0 bridgehead atoms. The lowest BCUT2D eigenvalue weighted by atomic mass is 9.95. The van der Waals surface area contributed by atoms with Crippen LogP contribution in [0.15, 0.2) is 24.3 Å². The van der Waals surface area contributed by atoms with E-state index in [0.717, 1.165) is 6.54 Å². The van der Waals surface area contributed by atoms with Crippen molar-refractivity contribution >= 4 is 5.91 Å². The van der Waals surface area contributed by atoms with Gasteiger partial charge in [0.15, 0.2) is 0 Å². The number of rotatable bonds is 3. The van der Waals surface area contributed by atoms with Crippen molar-refractivity contribution in [2.24, 2.45) is 0 Å². The summed E-state index contributed by atoms with van der Waals surface area (Å²) in [7, 11) is 1.74. The van der Waals surface area contributed by atoms with Gasteiger partial charge in [-0.25, -0.2) is 0 Å². The molecule has 1 aliphatic rings. The third-order valence-corrected chi connectivity index (χ3v) is 3.38. The molecule has 0 aliphatic carbocycles. The SMILES string of the molecule is CN(CC(C)(C)O)C(=O)C1Cc2ccccc2CN1. The lowest BCUT2D eigenvalue weighted by Crippen LogP contribution is -2.51. The van der Waals surface area contributed by atoms with Crippen LogP contribution in [-0.4, -0.2) is 41.1 Å². The average molecular weight is 262 g/mol. The second kappa shape index (κ2) is 5.31. The Morgan fingerprint density at radius 1 is 1.42 bits per heavy atom. The Kier molecular flexibility index (Phi) is 3.92. The first kappa shape index (κ1) is 14.0. The van der Waals surface area contributed by atoms with E-state index in [1.165, 1.54) is 11.1 Å². The fourth-order valence-electron chi connectivity index (χ4n) is 2.55. The van der Waals surface area contributed by atoms with Crippen molar-refractivity contribution in [3.05, 3.63) is 35.4 Å². The lowest BCUT2D eigenvalue weighted by Gasteiger charge is -2.31. The molecule has 2 N–H and O–H groups in total. The van der Waals surface area contributed by atoms with Crippen molar-refractivity contribution in [3.8, 4) is 0 Å². The third-order valence-electron chi connectivity index (χ3n) is 3.38. The van der Waals surface area contributed by atoms with Crippen molar-refractivity contribution in [3.63, 3.8) is 0 Å². The van der Waals surface area contributed by atoms with E-state index in [9.17, 15) is 9.90 Å². The molecule has 1 unspecified atom stereocenters. The normalized spacial score (nSPS) is 18.8. The number of carbonyl (C=O) groups is 1. The minimum absolute atomic E-state index is 0.0385. The molecule has 1 aliphatic heterocycles. The molecule has 1 heterocycles. The predicted molar refractivity (Wildman–Crippen MR) is 74.7 cm³/mol. The molecule has 4 nitrogen and oxygen atoms in total. The van der Waals surface area contributed by atoms with E-state index in [0.29, 0.717) is 13.0 Å². The largest absolute Gasteiger partial charge is 0.389 e. The Bertz CT molecular complexity index is 465. The maximum atomic E-state index is 12.3. The van der Waals surface area contributed by atoms with Crippen molar-refractivity contribution in [1.82, 2.24) is 10.2 Å². The minimum Gasteiger partial charge on any atom is -0.389 e. The molecule has 0 aromatic heterocycles. The second-order valence-corrected chi connectivity index (χ2v) is 5.91. The van der Waals surface area contributed by atoms with Crippen LogP contribution >= 0.6 is 0 Å². The van der Waals surface area contributed by atoms with Gasteiger partial charge in [-0.3, -0.25) is 4.79 Å². The molecule has 1 aromatic carbocycles. The second-order valence-electron chi connectivity index (χ2n) is 5.91. The number of aliphatic hydroxyl groups is 1. The highest BCUT2D eigenvalue weighted by molar-refractivity contribution is 5.82. The van der Waals surface area contributed by atoms with Crippen LogP contribution in [0.2, 0.25) is 0 Å². The summed E-state index contributed by atoms with van der Waals surface area (Å²) in [6.07, 6.45) is 0.713. The summed E-state index contributed by atoms with van der Waals surface area (Å²) < 4.78 is 0. The number of hydrogen-bond donors (Lipinski definition) is 2. The van der Waals surface area contributed by atoms with Crippen molar-refractivity contribution in [2.75, 3.05) is 13.6 Å². The van der Waals surface area contributed by atoms with Crippen LogP contribution in [0.5, 0.6) is 0 Å². The predicted octanol–water partition coefficient (Wildman–Crippen LogP) is 0.930. The third kappa shape index (κ3) is 3.55. The van der Waals surface area contributed by atoms with Gasteiger partial charge in [0, 0.05) is 20.1 Å². The molecule has 0 fully saturated rings. The molecule has 0 radical (unpaired) electrons. The zero-order chi connectivity index (χ0) is 14.0. The molecule has 104 valence electrons. The number of hydrogen-bond acceptors (Lipinski definition) is 3. The maximum absolute atomic E-state index is 12.3. The average Bonchev–Trinajstić information content (AvgIpc) is 2.35. The molecule has 0 saturated carbocycles. The highest BCUT2D eigenvalue weighted by Crippen LogP contribution is 2.17. The highest BCUT2D eigenvalue weighted by atomic mass is 16.3. The van der Waals surface area contributed by atoms with Crippen molar-refractivity contribution in [2.45, 2.75) is 38.5 Å². The number of nitrogens with one attached hydrogen (secondary N) is 1. The van der Waals surface area contributed by atoms with E-state index < -0.39 is 5.60 Å². The number of nitrogens with zero attached hydrogens (tertiary/aromatic N) is 1. The molecule has 0 spiro atoms. The lowest BCUT2D eigenvalue weighted by molar-refractivity contribution is -0.135. The van der Waals surface area contributed by atoms with Gasteiger partial charge in [-0.05, 0) is 31.4 Å². The first-order valence-corrected chi connectivity index (χ1v) is 6.64. The number of carbonyl (C=O) groups excluding carboxylic acids is 1. The van der Waals surface area contributed by atoms with E-state index in [2.05, 4.69) is 17.4 Å². The fraction of sp³-hybridized carbons (Fsp3) is 0.533. The van der Waals surface area contributed by atoms with Gasteiger partial charge in [0.05, 0.1) is 11.6 Å². The molecule has 4 heteroatoms. The fourth-order valence-corrected chi connectivity index (χ4v) is 2.55. The zero-order valence-corrected chi connectivity index (χ0v) is 11.8. The molecule has 2 rings (SSSR count). The molecular weight excluding hydrogens is 240 g/mol. The van der Waals surface area contributed by atoms with Gasteiger partial charge in [0.25, 0.3) is 0 Å². The monoisotopic (exact) mass is 262 g/mol. The van der Waals surface area contributed by atoms with Gasteiger partial charge in [0.1, 0.15) is 0 Å². The summed E-state index contributed by atoms with van der Waals surface area (Å²) in [6, 6.07) is 7.99. The Hall–Kier alpha value is -1.39. The van der Waals surface area contributed by atoms with Crippen LogP contribution in [0, 0.1) is 0 Å². The molecular formula is C15H22N2O2. The molecule has 19 heavy (non-hydrogen) atoms. The van der Waals surface area contributed by atoms with E-state index in [1.807, 2.05) is 12.1 Å². The summed E-state index contributed by atoms with van der Waals surface area (Å²) >= 11 is 0. The van der Waals surface area contributed by atoms with Gasteiger partial charge < -0.3 is 15.3 Å². The molecule has 1 atom stereocenters. The van der Waals surface area contributed by atoms with Gasteiger partial charge >= 0.3 is 0 Å². The standard InChI is InChI=1S/C15H22N2O2/c1-15(2,19)10-17(3)14(18)13-8-11-6-4-5-7-12(11)9-16-13/h4-7,13,16,19H,8-10H2,1-3H3. The number of fused-ring (bicyclic) bond motifs is 1. The van der Waals surface area contributed by atoms with Crippen LogP contribution in [0.25, 0.3) is 0 Å². The Labute approximate surface area is 114 Å².